The van der Waals surface area contributed by atoms with Gasteiger partial charge in [-0.25, -0.2) is 0 Å². The van der Waals surface area contributed by atoms with Crippen LogP contribution >= 0.6 is 11.8 Å². The van der Waals surface area contributed by atoms with Gasteiger partial charge in [0.2, 0.25) is 5.78 Å². The Morgan fingerprint density at radius 3 is 2.10 bits per heavy atom. The fraction of sp³-hybridized carbons (Fsp3) is 0.160. The molecule has 5 aromatic rings. The topological polar surface area (TPSA) is 52.2 Å². The number of aryl methyl sites for hydroxylation is 1. The third-order valence-corrected chi connectivity index (χ3v) is 6.61. The van der Waals surface area contributed by atoms with Crippen molar-refractivity contribution >= 4 is 28.4 Å². The standard InChI is InChI=1S/C25H22N4OS/c1-2-17-28-23(30)20-15-9-10-16-21(20)29-24(28)26-27-25(29)31-22(18-11-5-3-6-12-18)19-13-7-4-8-14-19/h3-16,22H,2,17H2,1H3. The molecule has 154 valence electrons. The van der Waals surface area contributed by atoms with Crippen LogP contribution in [0.3, 0.4) is 0 Å². The molecule has 0 fully saturated rings. The number of para-hydroxylation sites is 1. The molecule has 0 N–H and O–H groups in total. The molecule has 0 aliphatic heterocycles. The molecule has 0 atom stereocenters. The second kappa shape index (κ2) is 8.40. The number of fused-ring (bicyclic) bond motifs is 3. The Morgan fingerprint density at radius 1 is 0.839 bits per heavy atom. The molecule has 2 heterocycles. The van der Waals surface area contributed by atoms with Gasteiger partial charge in [0.25, 0.3) is 5.56 Å². The van der Waals surface area contributed by atoms with Gasteiger partial charge in [0, 0.05) is 6.54 Å². The minimum absolute atomic E-state index is 0.0171. The van der Waals surface area contributed by atoms with E-state index < -0.39 is 0 Å². The van der Waals surface area contributed by atoms with Crippen molar-refractivity contribution in [2.24, 2.45) is 0 Å². The SMILES string of the molecule is CCCn1c(=O)c2ccccc2n2c(SC(c3ccccc3)c3ccccc3)nnc12. The van der Waals surface area contributed by atoms with Crippen LogP contribution in [0.2, 0.25) is 0 Å². The number of hydrogen-bond acceptors (Lipinski definition) is 4. The monoisotopic (exact) mass is 426 g/mol. The zero-order chi connectivity index (χ0) is 21.2. The first-order valence-corrected chi connectivity index (χ1v) is 11.3. The van der Waals surface area contributed by atoms with E-state index in [1.54, 1.807) is 16.3 Å². The molecule has 6 heteroatoms. The summed E-state index contributed by atoms with van der Waals surface area (Å²) in [6, 6.07) is 28.5. The molecule has 0 amide bonds. The van der Waals surface area contributed by atoms with Gasteiger partial charge in [-0.15, -0.1) is 10.2 Å². The summed E-state index contributed by atoms with van der Waals surface area (Å²) >= 11 is 1.65. The number of aromatic nitrogens is 4. The van der Waals surface area contributed by atoms with E-state index in [0.29, 0.717) is 17.7 Å². The van der Waals surface area contributed by atoms with Gasteiger partial charge in [-0.2, -0.15) is 0 Å². The largest absolute Gasteiger partial charge is 0.276 e. The molecule has 0 saturated heterocycles. The van der Waals surface area contributed by atoms with E-state index in [4.69, 9.17) is 0 Å². The molecule has 31 heavy (non-hydrogen) atoms. The molecule has 0 unspecified atom stereocenters. The summed E-state index contributed by atoms with van der Waals surface area (Å²) in [6.07, 6.45) is 0.847. The predicted molar refractivity (Wildman–Crippen MR) is 126 cm³/mol. The number of rotatable bonds is 6. The zero-order valence-corrected chi connectivity index (χ0v) is 18.0. The van der Waals surface area contributed by atoms with Crippen LogP contribution in [0.4, 0.5) is 0 Å². The summed E-state index contributed by atoms with van der Waals surface area (Å²) < 4.78 is 3.76. The van der Waals surface area contributed by atoms with Crippen molar-refractivity contribution in [3.05, 3.63) is 106 Å². The van der Waals surface area contributed by atoms with Gasteiger partial charge in [-0.1, -0.05) is 91.5 Å². The highest BCUT2D eigenvalue weighted by Gasteiger charge is 2.22. The normalized spacial score (nSPS) is 11.5. The molecule has 0 saturated carbocycles. The number of hydrogen-bond donors (Lipinski definition) is 0. The molecular weight excluding hydrogens is 404 g/mol. The predicted octanol–water partition coefficient (Wildman–Crippen LogP) is 5.34. The van der Waals surface area contributed by atoms with Gasteiger partial charge in [0.15, 0.2) is 5.16 Å². The molecule has 0 aliphatic carbocycles. The number of benzene rings is 3. The van der Waals surface area contributed by atoms with E-state index in [1.807, 2.05) is 40.8 Å². The van der Waals surface area contributed by atoms with Crippen LogP contribution in [-0.4, -0.2) is 19.2 Å². The summed E-state index contributed by atoms with van der Waals surface area (Å²) in [5, 5.41) is 10.5. The molecule has 0 aliphatic rings. The first kappa shape index (κ1) is 19.6. The highest BCUT2D eigenvalue weighted by atomic mass is 32.2. The molecule has 0 radical (unpaired) electrons. The van der Waals surface area contributed by atoms with E-state index >= 15 is 0 Å². The summed E-state index contributed by atoms with van der Waals surface area (Å²) in [5.41, 5.74) is 3.21. The Kier molecular flexibility index (Phi) is 5.30. The Balaban J connectivity index is 1.72. The van der Waals surface area contributed by atoms with E-state index in [9.17, 15) is 4.79 Å². The molecular formula is C25H22N4OS. The van der Waals surface area contributed by atoms with Gasteiger partial charge >= 0.3 is 0 Å². The average molecular weight is 427 g/mol. The maximum atomic E-state index is 13.1. The molecule has 3 aromatic carbocycles. The lowest BCUT2D eigenvalue weighted by molar-refractivity contribution is 0.662. The highest BCUT2D eigenvalue weighted by molar-refractivity contribution is 7.99. The smallest absolute Gasteiger partial charge is 0.262 e. The van der Waals surface area contributed by atoms with Crippen LogP contribution in [0.15, 0.2) is 94.9 Å². The van der Waals surface area contributed by atoms with Crippen LogP contribution in [-0.2, 0) is 6.54 Å². The van der Waals surface area contributed by atoms with Crippen LogP contribution < -0.4 is 5.56 Å². The van der Waals surface area contributed by atoms with Gasteiger partial charge in [-0.3, -0.25) is 13.8 Å². The van der Waals surface area contributed by atoms with E-state index in [2.05, 4.69) is 65.7 Å². The fourth-order valence-electron chi connectivity index (χ4n) is 3.92. The van der Waals surface area contributed by atoms with Gasteiger partial charge < -0.3 is 0 Å². The Hall–Kier alpha value is -3.38. The van der Waals surface area contributed by atoms with E-state index in [-0.39, 0.29) is 10.8 Å². The summed E-state index contributed by atoms with van der Waals surface area (Å²) in [7, 11) is 0. The first-order chi connectivity index (χ1) is 15.3. The van der Waals surface area contributed by atoms with Gasteiger partial charge in [0.1, 0.15) is 0 Å². The molecule has 0 bridgehead atoms. The lowest BCUT2D eigenvalue weighted by Crippen LogP contribution is -2.23. The number of nitrogens with zero attached hydrogens (tertiary/aromatic N) is 4. The van der Waals surface area contributed by atoms with Crippen molar-refractivity contribution in [3.8, 4) is 0 Å². The van der Waals surface area contributed by atoms with Crippen molar-refractivity contribution in [1.82, 2.24) is 19.2 Å². The molecule has 5 rings (SSSR count). The van der Waals surface area contributed by atoms with Crippen molar-refractivity contribution in [2.45, 2.75) is 30.3 Å². The molecule has 5 nitrogen and oxygen atoms in total. The van der Waals surface area contributed by atoms with Crippen LogP contribution in [0.25, 0.3) is 16.7 Å². The average Bonchev–Trinajstić information content (AvgIpc) is 3.25. The third kappa shape index (κ3) is 3.53. The van der Waals surface area contributed by atoms with Gasteiger partial charge in [0.05, 0.1) is 16.2 Å². The number of thioether (sulfide) groups is 1. The van der Waals surface area contributed by atoms with Gasteiger partial charge in [-0.05, 0) is 29.7 Å². The summed E-state index contributed by atoms with van der Waals surface area (Å²) in [6.45, 7) is 2.67. The van der Waals surface area contributed by atoms with Crippen molar-refractivity contribution in [2.75, 3.05) is 0 Å². The van der Waals surface area contributed by atoms with Crippen LogP contribution in [0.1, 0.15) is 29.7 Å². The highest BCUT2D eigenvalue weighted by Crippen LogP contribution is 2.40. The Morgan fingerprint density at radius 2 is 1.45 bits per heavy atom. The molecule has 2 aromatic heterocycles. The van der Waals surface area contributed by atoms with Crippen LogP contribution in [0.5, 0.6) is 0 Å². The fourth-order valence-corrected chi connectivity index (χ4v) is 5.10. The minimum Gasteiger partial charge on any atom is -0.276 e. The lowest BCUT2D eigenvalue weighted by Gasteiger charge is -2.17. The Bertz CT molecular complexity index is 1350. The summed E-state index contributed by atoms with van der Waals surface area (Å²) in [4.78, 5) is 13.1. The third-order valence-electron chi connectivity index (χ3n) is 5.35. The zero-order valence-electron chi connectivity index (χ0n) is 17.2. The Labute approximate surface area is 184 Å². The first-order valence-electron chi connectivity index (χ1n) is 10.4. The van der Waals surface area contributed by atoms with E-state index in [1.165, 1.54) is 11.1 Å². The van der Waals surface area contributed by atoms with Crippen LogP contribution in [0, 0.1) is 0 Å². The maximum Gasteiger partial charge on any atom is 0.262 e. The second-order valence-corrected chi connectivity index (χ2v) is 8.48. The van der Waals surface area contributed by atoms with E-state index in [0.717, 1.165) is 17.1 Å². The van der Waals surface area contributed by atoms with Crippen molar-refractivity contribution < 1.29 is 0 Å². The van der Waals surface area contributed by atoms with Crippen molar-refractivity contribution in [3.63, 3.8) is 0 Å². The van der Waals surface area contributed by atoms with Crippen molar-refractivity contribution in [1.29, 1.82) is 0 Å². The lowest BCUT2D eigenvalue weighted by atomic mass is 10.0. The quantitative estimate of drug-likeness (QED) is 0.344. The maximum absolute atomic E-state index is 13.1. The molecule has 0 spiro atoms. The minimum atomic E-state index is -0.0171. The summed E-state index contributed by atoms with van der Waals surface area (Å²) in [5.74, 6) is 0.591. The second-order valence-electron chi connectivity index (χ2n) is 7.41.